The molecule has 1 fully saturated rings. The van der Waals surface area contributed by atoms with E-state index in [1.165, 1.54) is 16.4 Å². The van der Waals surface area contributed by atoms with Crippen LogP contribution in [0.4, 0.5) is 4.39 Å². The van der Waals surface area contributed by atoms with Gasteiger partial charge < -0.3 is 0 Å². The lowest BCUT2D eigenvalue weighted by molar-refractivity contribution is 0.249. The van der Waals surface area contributed by atoms with Crippen molar-refractivity contribution in [3.63, 3.8) is 0 Å². The molecule has 1 saturated heterocycles. The SMILES string of the molecule is CC1CCCCN1S(=O)(=O)N(C)CCCCCc1cc(-c2ccc(F)cc2)n[nH]1. The second-order valence-corrected chi connectivity index (χ2v) is 9.87. The average Bonchev–Trinajstić information content (AvgIpc) is 3.17. The average molecular weight is 423 g/mol. The first-order valence-electron chi connectivity index (χ1n) is 10.4. The molecule has 0 aliphatic carbocycles. The van der Waals surface area contributed by atoms with Crippen LogP contribution in [-0.4, -0.2) is 53.4 Å². The van der Waals surface area contributed by atoms with Gasteiger partial charge >= 0.3 is 0 Å². The van der Waals surface area contributed by atoms with Crippen LogP contribution in [0.5, 0.6) is 0 Å². The zero-order valence-electron chi connectivity index (χ0n) is 17.3. The number of hydrogen-bond donors (Lipinski definition) is 1. The zero-order chi connectivity index (χ0) is 20.9. The predicted octanol–water partition coefficient (Wildman–Crippen LogP) is 3.98. The Kier molecular flexibility index (Phi) is 7.43. The quantitative estimate of drug-likeness (QED) is 0.622. The maximum absolute atomic E-state index is 13.0. The van der Waals surface area contributed by atoms with Crippen molar-refractivity contribution in [2.45, 2.75) is 57.9 Å². The van der Waals surface area contributed by atoms with Gasteiger partial charge in [0.05, 0.1) is 5.69 Å². The third kappa shape index (κ3) is 5.65. The molecular formula is C21H31FN4O2S. The molecule has 0 saturated carbocycles. The van der Waals surface area contributed by atoms with Gasteiger partial charge in [0.15, 0.2) is 0 Å². The maximum Gasteiger partial charge on any atom is 0.281 e. The Morgan fingerprint density at radius 3 is 2.69 bits per heavy atom. The molecule has 2 heterocycles. The smallest absolute Gasteiger partial charge is 0.281 e. The maximum atomic E-state index is 13.0. The molecule has 3 rings (SSSR count). The first-order valence-corrected chi connectivity index (χ1v) is 11.8. The van der Waals surface area contributed by atoms with Crippen molar-refractivity contribution in [2.24, 2.45) is 0 Å². The van der Waals surface area contributed by atoms with Crippen LogP contribution in [0, 0.1) is 5.82 Å². The Balaban J connectivity index is 1.41. The number of H-pyrrole nitrogens is 1. The molecule has 1 aliphatic heterocycles. The summed E-state index contributed by atoms with van der Waals surface area (Å²) in [5.74, 6) is -0.258. The Morgan fingerprint density at radius 1 is 1.21 bits per heavy atom. The lowest BCUT2D eigenvalue weighted by atomic mass is 10.1. The molecule has 160 valence electrons. The van der Waals surface area contributed by atoms with Gasteiger partial charge in [0.25, 0.3) is 10.2 Å². The van der Waals surface area contributed by atoms with Crippen molar-refractivity contribution in [1.29, 1.82) is 0 Å². The summed E-state index contributed by atoms with van der Waals surface area (Å²) in [6.45, 7) is 3.16. The molecule has 29 heavy (non-hydrogen) atoms. The van der Waals surface area contributed by atoms with Crippen molar-refractivity contribution in [3.05, 3.63) is 41.8 Å². The first kappa shape index (κ1) is 21.9. The number of piperidine rings is 1. The number of aryl methyl sites for hydroxylation is 1. The summed E-state index contributed by atoms with van der Waals surface area (Å²) >= 11 is 0. The number of hydrogen-bond acceptors (Lipinski definition) is 3. The molecule has 1 aromatic heterocycles. The van der Waals surface area contributed by atoms with Crippen LogP contribution in [0.25, 0.3) is 11.3 Å². The number of halogens is 1. The van der Waals surface area contributed by atoms with E-state index in [0.717, 1.165) is 61.9 Å². The van der Waals surface area contributed by atoms with Gasteiger partial charge in [0.2, 0.25) is 0 Å². The highest BCUT2D eigenvalue weighted by molar-refractivity contribution is 7.86. The van der Waals surface area contributed by atoms with Crippen LogP contribution in [0.1, 0.15) is 51.1 Å². The predicted molar refractivity (Wildman–Crippen MR) is 113 cm³/mol. The van der Waals surface area contributed by atoms with Crippen molar-refractivity contribution in [2.75, 3.05) is 20.1 Å². The van der Waals surface area contributed by atoms with Gasteiger partial charge in [-0.05, 0) is 69.4 Å². The number of aromatic amines is 1. The number of aromatic nitrogens is 2. The number of unbranched alkanes of at least 4 members (excludes halogenated alkanes) is 2. The minimum absolute atomic E-state index is 0.0897. The fraction of sp³-hybridized carbons (Fsp3) is 0.571. The lowest BCUT2D eigenvalue weighted by Gasteiger charge is -2.35. The molecule has 8 heteroatoms. The van der Waals surface area contributed by atoms with E-state index >= 15 is 0 Å². The summed E-state index contributed by atoms with van der Waals surface area (Å²) < 4.78 is 41.7. The minimum Gasteiger partial charge on any atom is -0.282 e. The van der Waals surface area contributed by atoms with E-state index in [1.807, 2.05) is 13.0 Å². The fourth-order valence-electron chi connectivity index (χ4n) is 3.79. The Labute approximate surface area is 173 Å². The van der Waals surface area contributed by atoms with Crippen LogP contribution in [0.3, 0.4) is 0 Å². The molecule has 1 aliphatic rings. The lowest BCUT2D eigenvalue weighted by Crippen LogP contribution is -2.48. The standard InChI is InChI=1S/C21H31FN4O2S/c1-17-8-5-7-15-26(17)29(27,28)25(2)14-6-3-4-9-20-16-21(24-23-20)18-10-12-19(22)13-11-18/h10-13,16-17H,3-9,14-15H2,1-2H3,(H,23,24). The molecule has 6 nitrogen and oxygen atoms in total. The van der Waals surface area contributed by atoms with Crippen LogP contribution < -0.4 is 0 Å². The van der Waals surface area contributed by atoms with Crippen molar-refractivity contribution < 1.29 is 12.8 Å². The molecule has 0 amide bonds. The molecule has 2 aromatic rings. The molecule has 0 bridgehead atoms. The number of benzene rings is 1. The first-order chi connectivity index (χ1) is 13.9. The van der Waals surface area contributed by atoms with Gasteiger partial charge in [-0.15, -0.1) is 0 Å². The van der Waals surface area contributed by atoms with Gasteiger partial charge in [-0.2, -0.15) is 22.1 Å². The van der Waals surface area contributed by atoms with Crippen LogP contribution in [-0.2, 0) is 16.6 Å². The molecule has 1 atom stereocenters. The van der Waals surface area contributed by atoms with Gasteiger partial charge in [0.1, 0.15) is 5.82 Å². The topological polar surface area (TPSA) is 69.3 Å². The molecule has 1 N–H and O–H groups in total. The van der Waals surface area contributed by atoms with E-state index in [0.29, 0.717) is 13.1 Å². The minimum atomic E-state index is -3.36. The molecule has 1 aromatic carbocycles. The van der Waals surface area contributed by atoms with E-state index in [9.17, 15) is 12.8 Å². The molecule has 0 radical (unpaired) electrons. The third-order valence-electron chi connectivity index (χ3n) is 5.62. The summed E-state index contributed by atoms with van der Waals surface area (Å²) in [5.41, 5.74) is 2.72. The number of nitrogens with zero attached hydrogens (tertiary/aromatic N) is 3. The number of nitrogens with one attached hydrogen (secondary N) is 1. The van der Waals surface area contributed by atoms with E-state index in [-0.39, 0.29) is 11.9 Å². The summed E-state index contributed by atoms with van der Waals surface area (Å²) in [7, 11) is -1.68. The van der Waals surface area contributed by atoms with Gasteiger partial charge in [-0.3, -0.25) is 5.10 Å². The van der Waals surface area contributed by atoms with Gasteiger partial charge in [-0.25, -0.2) is 4.39 Å². The summed E-state index contributed by atoms with van der Waals surface area (Å²) in [4.78, 5) is 0. The zero-order valence-corrected chi connectivity index (χ0v) is 18.1. The highest BCUT2D eigenvalue weighted by Crippen LogP contribution is 2.22. The highest BCUT2D eigenvalue weighted by atomic mass is 32.2. The molecule has 1 unspecified atom stereocenters. The molecular weight excluding hydrogens is 391 g/mol. The Hall–Kier alpha value is -1.77. The third-order valence-corrected chi connectivity index (χ3v) is 7.73. The summed E-state index contributed by atoms with van der Waals surface area (Å²) in [6, 6.07) is 8.37. The van der Waals surface area contributed by atoms with Crippen LogP contribution in [0.2, 0.25) is 0 Å². The van der Waals surface area contributed by atoms with E-state index in [4.69, 9.17) is 0 Å². The second kappa shape index (κ2) is 9.82. The van der Waals surface area contributed by atoms with Crippen molar-refractivity contribution >= 4 is 10.2 Å². The Bertz CT molecular complexity index is 882. The second-order valence-electron chi connectivity index (χ2n) is 7.88. The van der Waals surface area contributed by atoms with Crippen LogP contribution >= 0.6 is 0 Å². The van der Waals surface area contributed by atoms with Gasteiger partial charge in [-0.1, -0.05) is 12.8 Å². The summed E-state index contributed by atoms with van der Waals surface area (Å²) in [6.07, 6.45) is 6.58. The Morgan fingerprint density at radius 2 is 1.97 bits per heavy atom. The highest BCUT2D eigenvalue weighted by Gasteiger charge is 2.32. The van der Waals surface area contributed by atoms with Crippen molar-refractivity contribution in [3.8, 4) is 11.3 Å². The van der Waals surface area contributed by atoms with Crippen molar-refractivity contribution in [1.82, 2.24) is 18.8 Å². The summed E-state index contributed by atoms with van der Waals surface area (Å²) in [5, 5.41) is 7.33. The normalized spacial score (nSPS) is 18.4. The monoisotopic (exact) mass is 422 g/mol. The van der Waals surface area contributed by atoms with Gasteiger partial charge in [0, 0.05) is 37.4 Å². The molecule has 0 spiro atoms. The number of rotatable bonds is 9. The fourth-order valence-corrected chi connectivity index (χ4v) is 5.43. The van der Waals surface area contributed by atoms with E-state index in [1.54, 1.807) is 23.5 Å². The van der Waals surface area contributed by atoms with E-state index < -0.39 is 10.2 Å². The largest absolute Gasteiger partial charge is 0.282 e. The van der Waals surface area contributed by atoms with Crippen LogP contribution in [0.15, 0.2) is 30.3 Å². The van der Waals surface area contributed by atoms with E-state index in [2.05, 4.69) is 10.2 Å².